The van der Waals surface area contributed by atoms with E-state index in [0.29, 0.717) is 12.1 Å². The number of nitrogens with one attached hydrogen (secondary N) is 2. The fourth-order valence-corrected chi connectivity index (χ4v) is 4.25. The second-order valence-corrected chi connectivity index (χ2v) is 8.07. The molecule has 2 saturated carbocycles. The number of nitrogens with zero attached hydrogens (tertiary/aromatic N) is 2. The number of benzene rings is 1. The zero-order chi connectivity index (χ0) is 17.4. The van der Waals surface area contributed by atoms with E-state index in [1.54, 1.807) is 6.07 Å². The van der Waals surface area contributed by atoms with Crippen molar-refractivity contribution in [2.24, 2.45) is 4.99 Å². The monoisotopic (exact) mass is 344 g/mol. The van der Waals surface area contributed by atoms with Crippen LogP contribution in [0.25, 0.3) is 0 Å². The van der Waals surface area contributed by atoms with Gasteiger partial charge in [-0.3, -0.25) is 9.89 Å². The number of hydrogen-bond donors (Lipinski definition) is 2. The zero-order valence-corrected chi connectivity index (χ0v) is 15.3. The van der Waals surface area contributed by atoms with Gasteiger partial charge in [0.15, 0.2) is 5.96 Å². The molecule has 1 saturated heterocycles. The van der Waals surface area contributed by atoms with Crippen LogP contribution < -0.4 is 10.6 Å². The van der Waals surface area contributed by atoms with Gasteiger partial charge in [0.2, 0.25) is 0 Å². The van der Waals surface area contributed by atoms with Gasteiger partial charge in [-0.15, -0.1) is 0 Å². The van der Waals surface area contributed by atoms with E-state index < -0.39 is 0 Å². The molecular formula is C20H29FN4. The molecule has 2 aliphatic carbocycles. The molecule has 1 aromatic carbocycles. The van der Waals surface area contributed by atoms with E-state index in [9.17, 15) is 4.39 Å². The molecule has 0 amide bonds. The molecule has 4 nitrogen and oxygen atoms in total. The summed E-state index contributed by atoms with van der Waals surface area (Å²) >= 11 is 0. The van der Waals surface area contributed by atoms with Crippen molar-refractivity contribution in [3.63, 3.8) is 0 Å². The summed E-state index contributed by atoms with van der Waals surface area (Å²) in [4.78, 5) is 7.04. The maximum atomic E-state index is 13.5. The fourth-order valence-electron chi connectivity index (χ4n) is 4.25. The summed E-state index contributed by atoms with van der Waals surface area (Å²) in [5.41, 5.74) is 1.17. The zero-order valence-electron chi connectivity index (χ0n) is 15.3. The Morgan fingerprint density at radius 2 is 2.16 bits per heavy atom. The lowest BCUT2D eigenvalue weighted by atomic mass is 9.96. The highest BCUT2D eigenvalue weighted by molar-refractivity contribution is 5.80. The van der Waals surface area contributed by atoms with Crippen molar-refractivity contribution in [1.29, 1.82) is 0 Å². The van der Waals surface area contributed by atoms with E-state index in [4.69, 9.17) is 0 Å². The number of hydrogen-bond acceptors (Lipinski definition) is 2. The van der Waals surface area contributed by atoms with E-state index in [1.807, 2.05) is 19.2 Å². The van der Waals surface area contributed by atoms with Gasteiger partial charge in [-0.05, 0) is 56.7 Å². The first-order valence-corrected chi connectivity index (χ1v) is 9.59. The molecule has 3 aliphatic rings. The summed E-state index contributed by atoms with van der Waals surface area (Å²) in [7, 11) is 1.83. The van der Waals surface area contributed by atoms with Crippen molar-refractivity contribution in [2.75, 3.05) is 20.1 Å². The molecule has 5 heteroatoms. The number of halogens is 1. The maximum absolute atomic E-state index is 13.5. The molecule has 2 unspecified atom stereocenters. The molecule has 136 valence electrons. The molecular weight excluding hydrogens is 315 g/mol. The Bertz CT molecular complexity index is 651. The minimum Gasteiger partial charge on any atom is -0.356 e. The number of guanidine groups is 1. The lowest BCUT2D eigenvalue weighted by molar-refractivity contribution is 0.256. The Morgan fingerprint density at radius 3 is 2.80 bits per heavy atom. The summed E-state index contributed by atoms with van der Waals surface area (Å²) in [6.07, 6.45) is 6.11. The molecule has 0 radical (unpaired) electrons. The van der Waals surface area contributed by atoms with Gasteiger partial charge in [-0.1, -0.05) is 12.1 Å². The van der Waals surface area contributed by atoms with Crippen LogP contribution in [-0.4, -0.2) is 49.1 Å². The summed E-state index contributed by atoms with van der Waals surface area (Å²) in [5.74, 6) is 0.726. The maximum Gasteiger partial charge on any atom is 0.191 e. The van der Waals surface area contributed by atoms with Gasteiger partial charge < -0.3 is 10.6 Å². The van der Waals surface area contributed by atoms with E-state index in [2.05, 4.69) is 27.4 Å². The third-order valence-electron chi connectivity index (χ3n) is 6.09. The molecule has 1 heterocycles. The molecule has 2 N–H and O–H groups in total. The van der Waals surface area contributed by atoms with Crippen LogP contribution in [0.15, 0.2) is 29.3 Å². The van der Waals surface area contributed by atoms with Gasteiger partial charge in [0.1, 0.15) is 5.82 Å². The van der Waals surface area contributed by atoms with Gasteiger partial charge in [-0.25, -0.2) is 4.39 Å². The van der Waals surface area contributed by atoms with E-state index in [-0.39, 0.29) is 11.2 Å². The minimum absolute atomic E-state index is 0.0722. The largest absolute Gasteiger partial charge is 0.356 e. The first-order valence-electron chi connectivity index (χ1n) is 9.59. The quantitative estimate of drug-likeness (QED) is 0.637. The highest BCUT2D eigenvalue weighted by Gasteiger charge is 2.44. The highest BCUT2D eigenvalue weighted by atomic mass is 19.1. The van der Waals surface area contributed by atoms with Crippen LogP contribution in [0.3, 0.4) is 0 Å². The van der Waals surface area contributed by atoms with E-state index in [1.165, 1.54) is 25.3 Å². The third-order valence-corrected chi connectivity index (χ3v) is 6.09. The number of likely N-dealkylation sites (tertiary alicyclic amines) is 1. The summed E-state index contributed by atoms with van der Waals surface area (Å²) < 4.78 is 13.5. The Labute approximate surface area is 149 Å². The van der Waals surface area contributed by atoms with Crippen molar-refractivity contribution in [3.05, 3.63) is 35.6 Å². The van der Waals surface area contributed by atoms with Gasteiger partial charge in [0, 0.05) is 43.7 Å². The number of aliphatic imine (C=N–C) groups is 1. The molecule has 0 aromatic heterocycles. The lowest BCUT2D eigenvalue weighted by Gasteiger charge is -2.22. The predicted molar refractivity (Wildman–Crippen MR) is 99.4 cm³/mol. The lowest BCUT2D eigenvalue weighted by Crippen LogP contribution is -2.46. The molecule has 0 spiro atoms. The first kappa shape index (κ1) is 16.8. The molecule has 3 fully saturated rings. The van der Waals surface area contributed by atoms with Crippen LogP contribution >= 0.6 is 0 Å². The topological polar surface area (TPSA) is 39.7 Å². The first-order chi connectivity index (χ1) is 12.1. The average molecular weight is 344 g/mol. The van der Waals surface area contributed by atoms with Gasteiger partial charge in [0.25, 0.3) is 0 Å². The second-order valence-electron chi connectivity index (χ2n) is 8.07. The summed E-state index contributed by atoms with van der Waals surface area (Å²) in [5, 5.41) is 7.08. The van der Waals surface area contributed by atoms with Crippen molar-refractivity contribution < 1.29 is 4.39 Å². The average Bonchev–Trinajstić information content (AvgIpc) is 3.51. The van der Waals surface area contributed by atoms with Gasteiger partial charge >= 0.3 is 0 Å². The summed E-state index contributed by atoms with van der Waals surface area (Å²) in [6, 6.07) is 8.98. The van der Waals surface area contributed by atoms with E-state index >= 15 is 0 Å². The van der Waals surface area contributed by atoms with Crippen LogP contribution in [-0.2, 0) is 5.41 Å². The predicted octanol–water partition coefficient (Wildman–Crippen LogP) is 2.65. The standard InChI is InChI=1S/C20H29FN4/c1-14-10-17(12-25(14)18-6-7-18)24-19(22-2)23-13-20(8-9-20)15-4-3-5-16(21)11-15/h3-5,11,14,17-18H,6-10,12-13H2,1-2H3,(H2,22,23,24). The number of rotatable bonds is 5. The van der Waals surface area contributed by atoms with Gasteiger partial charge in [-0.2, -0.15) is 0 Å². The smallest absolute Gasteiger partial charge is 0.191 e. The van der Waals surface area contributed by atoms with Crippen LogP contribution in [0.1, 0.15) is 44.6 Å². The highest BCUT2D eigenvalue weighted by Crippen LogP contribution is 2.47. The van der Waals surface area contributed by atoms with Crippen molar-refractivity contribution in [2.45, 2.75) is 62.6 Å². The van der Waals surface area contributed by atoms with Crippen molar-refractivity contribution >= 4 is 5.96 Å². The SMILES string of the molecule is CN=C(NCC1(c2cccc(F)c2)CC1)NC1CC(C)N(C2CC2)C1. The molecule has 1 aromatic rings. The molecule has 0 bridgehead atoms. The Kier molecular flexibility index (Phi) is 4.44. The second kappa shape index (κ2) is 6.60. The summed E-state index contributed by atoms with van der Waals surface area (Å²) in [6.45, 7) is 4.26. The Hall–Kier alpha value is -1.62. The minimum atomic E-state index is -0.147. The van der Waals surface area contributed by atoms with E-state index in [0.717, 1.165) is 43.5 Å². The van der Waals surface area contributed by atoms with Gasteiger partial charge in [0.05, 0.1) is 0 Å². The molecule has 1 aliphatic heterocycles. The van der Waals surface area contributed by atoms with Crippen LogP contribution in [0, 0.1) is 5.82 Å². The van der Waals surface area contributed by atoms with Crippen molar-refractivity contribution in [1.82, 2.24) is 15.5 Å². The normalized spacial score (nSPS) is 28.8. The van der Waals surface area contributed by atoms with Crippen LogP contribution in [0.5, 0.6) is 0 Å². The van der Waals surface area contributed by atoms with Crippen LogP contribution in [0.2, 0.25) is 0 Å². The van der Waals surface area contributed by atoms with Crippen molar-refractivity contribution in [3.8, 4) is 0 Å². The third kappa shape index (κ3) is 3.66. The molecule has 4 rings (SSSR count). The molecule has 2 atom stereocenters. The molecule has 25 heavy (non-hydrogen) atoms. The van der Waals surface area contributed by atoms with Crippen LogP contribution in [0.4, 0.5) is 4.39 Å². The Morgan fingerprint density at radius 1 is 1.36 bits per heavy atom. The fraction of sp³-hybridized carbons (Fsp3) is 0.650. The Balaban J connectivity index is 1.32.